The summed E-state index contributed by atoms with van der Waals surface area (Å²) >= 11 is 5.48. The van der Waals surface area contributed by atoms with Crippen LogP contribution >= 0.6 is 11.6 Å². The van der Waals surface area contributed by atoms with Gasteiger partial charge in [0.05, 0.1) is 16.3 Å². The van der Waals surface area contributed by atoms with Gasteiger partial charge in [-0.1, -0.05) is 11.6 Å². The Labute approximate surface area is 121 Å². The van der Waals surface area contributed by atoms with Gasteiger partial charge in [-0.2, -0.15) is 18.3 Å². The summed E-state index contributed by atoms with van der Waals surface area (Å²) in [6, 6.07) is 3.03. The Kier molecular flexibility index (Phi) is 3.77. The smallest absolute Gasteiger partial charge is 0.382 e. The molecule has 1 aromatic carbocycles. The lowest BCUT2D eigenvalue weighted by atomic mass is 10.2. The summed E-state index contributed by atoms with van der Waals surface area (Å²) in [5.74, 6) is -0.0312. The number of nitrogens with zero attached hydrogens (tertiary/aromatic N) is 3. The molecule has 0 radical (unpaired) electrons. The Balaban J connectivity index is 2.41. The van der Waals surface area contributed by atoms with Crippen LogP contribution in [-0.2, 0) is 13.2 Å². The normalized spacial score (nSPS) is 12.2. The van der Waals surface area contributed by atoms with Crippen molar-refractivity contribution in [1.82, 2.24) is 9.78 Å². The van der Waals surface area contributed by atoms with Gasteiger partial charge >= 0.3 is 6.18 Å². The lowest BCUT2D eigenvalue weighted by molar-refractivity contribution is -0.137. The van der Waals surface area contributed by atoms with Crippen molar-refractivity contribution in [3.63, 3.8) is 0 Å². The van der Waals surface area contributed by atoms with Crippen molar-refractivity contribution in [3.05, 3.63) is 39.1 Å². The predicted molar refractivity (Wildman–Crippen MR) is 71.1 cm³/mol. The van der Waals surface area contributed by atoms with E-state index in [0.717, 1.165) is 16.8 Å². The third-order valence-electron chi connectivity index (χ3n) is 2.57. The van der Waals surface area contributed by atoms with Gasteiger partial charge in [-0.15, -0.1) is 5.11 Å². The lowest BCUT2D eigenvalue weighted by Gasteiger charge is -2.08. The van der Waals surface area contributed by atoms with Crippen LogP contribution < -0.4 is 11.3 Å². The molecule has 10 heteroatoms. The molecule has 0 aliphatic heterocycles. The molecule has 1 aromatic heterocycles. The molecule has 2 aromatic rings. The third-order valence-corrected chi connectivity index (χ3v) is 2.90. The zero-order chi connectivity index (χ0) is 15.8. The maximum absolute atomic E-state index is 12.7. The second kappa shape index (κ2) is 5.24. The van der Waals surface area contributed by atoms with Crippen molar-refractivity contribution in [2.75, 3.05) is 5.73 Å². The number of azo groups is 1. The van der Waals surface area contributed by atoms with Gasteiger partial charge in [-0.05, 0) is 18.2 Å². The summed E-state index contributed by atoms with van der Waals surface area (Å²) in [5, 5.41) is 9.19. The molecule has 3 N–H and O–H groups in total. The fourth-order valence-corrected chi connectivity index (χ4v) is 1.78. The Bertz CT molecular complexity index is 762. The van der Waals surface area contributed by atoms with E-state index in [1.54, 1.807) is 0 Å². The lowest BCUT2D eigenvalue weighted by Crippen LogP contribution is -2.10. The van der Waals surface area contributed by atoms with Crippen LogP contribution in [0.4, 0.5) is 30.4 Å². The fraction of sp³-hybridized carbons (Fsp3) is 0.182. The van der Waals surface area contributed by atoms with Crippen LogP contribution in [0.1, 0.15) is 5.56 Å². The highest BCUT2D eigenvalue weighted by atomic mass is 35.5. The summed E-state index contributed by atoms with van der Waals surface area (Å²) in [4.78, 5) is 11.6. The van der Waals surface area contributed by atoms with Crippen LogP contribution in [0.3, 0.4) is 0 Å². The quantitative estimate of drug-likeness (QED) is 0.831. The number of alkyl halides is 3. The molecule has 0 saturated heterocycles. The van der Waals surface area contributed by atoms with Crippen LogP contribution in [0.25, 0.3) is 0 Å². The van der Waals surface area contributed by atoms with Crippen molar-refractivity contribution in [3.8, 4) is 0 Å². The molecule has 6 nitrogen and oxygen atoms in total. The van der Waals surface area contributed by atoms with Crippen LogP contribution in [-0.4, -0.2) is 9.78 Å². The average molecular weight is 320 g/mol. The Hall–Kier alpha value is -2.29. The fourth-order valence-electron chi connectivity index (χ4n) is 1.56. The highest BCUT2D eigenvalue weighted by Gasteiger charge is 2.33. The van der Waals surface area contributed by atoms with Gasteiger partial charge < -0.3 is 5.73 Å². The summed E-state index contributed by atoms with van der Waals surface area (Å²) < 4.78 is 39.1. The number of hydrogen-bond donors (Lipinski definition) is 2. The molecule has 21 heavy (non-hydrogen) atoms. The number of aryl methyl sites for hydroxylation is 1. The first-order valence-electron chi connectivity index (χ1n) is 5.53. The summed E-state index contributed by atoms with van der Waals surface area (Å²) in [6.07, 6.45) is -4.61. The van der Waals surface area contributed by atoms with Crippen LogP contribution in [0.15, 0.2) is 33.2 Å². The highest BCUT2D eigenvalue weighted by Crippen LogP contribution is 2.37. The largest absolute Gasteiger partial charge is 0.417 e. The molecule has 0 aliphatic carbocycles. The second-order valence-corrected chi connectivity index (χ2v) is 4.51. The van der Waals surface area contributed by atoms with Crippen molar-refractivity contribution in [2.45, 2.75) is 6.18 Å². The van der Waals surface area contributed by atoms with E-state index in [1.165, 1.54) is 13.1 Å². The maximum Gasteiger partial charge on any atom is 0.417 e. The molecule has 0 aliphatic rings. The number of nitrogens with two attached hydrogens (primary N) is 1. The van der Waals surface area contributed by atoms with E-state index >= 15 is 0 Å². The Morgan fingerprint density at radius 1 is 1.33 bits per heavy atom. The first-order chi connectivity index (χ1) is 9.70. The first-order valence-corrected chi connectivity index (χ1v) is 5.91. The SMILES string of the molecule is Cn1[nH]c(N)c(N=Nc2ccc(Cl)c(C(F)(F)F)c2)c1=O. The van der Waals surface area contributed by atoms with Crippen molar-refractivity contribution < 1.29 is 13.2 Å². The molecule has 0 atom stereocenters. The van der Waals surface area contributed by atoms with E-state index in [4.69, 9.17) is 17.3 Å². The third kappa shape index (κ3) is 3.07. The van der Waals surface area contributed by atoms with Crippen molar-refractivity contribution in [2.24, 2.45) is 17.3 Å². The van der Waals surface area contributed by atoms with Gasteiger partial charge in [-0.3, -0.25) is 14.6 Å². The molecule has 2 rings (SSSR count). The molecular weight excluding hydrogens is 311 g/mol. The zero-order valence-electron chi connectivity index (χ0n) is 10.6. The second-order valence-electron chi connectivity index (χ2n) is 4.10. The van der Waals surface area contributed by atoms with Gasteiger partial charge in [0.15, 0.2) is 5.69 Å². The van der Waals surface area contributed by atoms with Crippen LogP contribution in [0.2, 0.25) is 5.02 Å². The summed E-state index contributed by atoms with van der Waals surface area (Å²) in [5.41, 5.74) is 3.64. The van der Waals surface area contributed by atoms with Gasteiger partial charge in [0, 0.05) is 7.05 Å². The molecule has 0 bridgehead atoms. The van der Waals surface area contributed by atoms with Gasteiger partial charge in [0.1, 0.15) is 5.82 Å². The predicted octanol–water partition coefficient (Wildman–Crippen LogP) is 3.38. The number of nitrogens with one attached hydrogen (secondary N) is 1. The standard InChI is InChI=1S/C11H9ClF3N5O/c1-20-10(21)8(9(16)19-20)18-17-5-2-3-7(12)6(4-5)11(13,14)15/h2-4,19H,16H2,1H3. The minimum atomic E-state index is -4.61. The molecule has 0 spiro atoms. The molecule has 0 unspecified atom stereocenters. The molecule has 0 saturated carbocycles. The minimum Gasteiger partial charge on any atom is -0.382 e. The molecule has 112 valence electrons. The highest BCUT2D eigenvalue weighted by molar-refractivity contribution is 6.31. The molecule has 0 amide bonds. The number of nitrogen functional groups attached to an aromatic ring is 1. The topological polar surface area (TPSA) is 88.5 Å². The Morgan fingerprint density at radius 3 is 2.52 bits per heavy atom. The number of benzene rings is 1. The Morgan fingerprint density at radius 2 is 2.00 bits per heavy atom. The molecule has 1 heterocycles. The van der Waals surface area contributed by atoms with Crippen LogP contribution in [0, 0.1) is 0 Å². The first kappa shape index (κ1) is 15.1. The average Bonchev–Trinajstić information content (AvgIpc) is 2.61. The number of anilines is 1. The van der Waals surface area contributed by atoms with Crippen molar-refractivity contribution >= 4 is 28.8 Å². The summed E-state index contributed by atoms with van der Waals surface area (Å²) in [7, 11) is 1.42. The zero-order valence-corrected chi connectivity index (χ0v) is 11.3. The van der Waals surface area contributed by atoms with E-state index in [0.29, 0.717) is 0 Å². The van der Waals surface area contributed by atoms with E-state index in [9.17, 15) is 18.0 Å². The van der Waals surface area contributed by atoms with E-state index in [1.807, 2.05) is 0 Å². The van der Waals surface area contributed by atoms with E-state index in [2.05, 4.69) is 15.3 Å². The monoisotopic (exact) mass is 319 g/mol. The van der Waals surface area contributed by atoms with Gasteiger partial charge in [0.25, 0.3) is 5.56 Å². The number of aromatic amines is 1. The molecule has 0 fully saturated rings. The van der Waals surface area contributed by atoms with Gasteiger partial charge in [-0.25, -0.2) is 0 Å². The number of aromatic nitrogens is 2. The number of hydrogen-bond acceptors (Lipinski definition) is 4. The molecular formula is C11H9ClF3N5O. The van der Waals surface area contributed by atoms with E-state index in [-0.39, 0.29) is 17.2 Å². The maximum atomic E-state index is 12.7. The van der Waals surface area contributed by atoms with E-state index < -0.39 is 22.3 Å². The number of halogens is 4. The minimum absolute atomic E-state index is 0.0312. The summed E-state index contributed by atoms with van der Waals surface area (Å²) in [6.45, 7) is 0. The van der Waals surface area contributed by atoms with Crippen molar-refractivity contribution in [1.29, 1.82) is 0 Å². The van der Waals surface area contributed by atoms with Gasteiger partial charge in [0.2, 0.25) is 0 Å². The number of rotatable bonds is 2. The number of H-pyrrole nitrogens is 1. The van der Waals surface area contributed by atoms with Crippen LogP contribution in [0.5, 0.6) is 0 Å².